The number of benzene rings is 1. The van der Waals surface area contributed by atoms with Crippen molar-refractivity contribution in [2.45, 2.75) is 6.54 Å². The van der Waals surface area contributed by atoms with Crippen molar-refractivity contribution >= 4 is 5.97 Å². The number of carboxylic acids is 1. The van der Waals surface area contributed by atoms with Crippen molar-refractivity contribution in [2.24, 2.45) is 5.73 Å². The van der Waals surface area contributed by atoms with Gasteiger partial charge < -0.3 is 20.4 Å². The van der Waals surface area contributed by atoms with Crippen LogP contribution in [0, 0.1) is 0 Å². The molecule has 0 saturated carbocycles. The maximum absolute atomic E-state index is 10.9. The van der Waals surface area contributed by atoms with Gasteiger partial charge in [-0.1, -0.05) is 6.07 Å². The zero-order valence-electron chi connectivity index (χ0n) is 8.75. The molecule has 0 aliphatic rings. The number of rotatable bonds is 3. The number of oxazole rings is 1. The van der Waals surface area contributed by atoms with Crippen LogP contribution in [-0.2, 0) is 6.54 Å². The number of hydrogen-bond acceptors (Lipinski definition) is 5. The minimum absolute atomic E-state index is 0.0239. The first-order chi connectivity index (χ1) is 8.11. The Morgan fingerprint density at radius 3 is 2.76 bits per heavy atom. The lowest BCUT2D eigenvalue weighted by molar-refractivity contribution is 0.0661. The standard InChI is InChI=1S/C11H10N2O4/c12-5-8-9(11(15)16)17-10(13-8)6-2-1-3-7(14)4-6/h1-4,14H,5,12H2,(H,15,16). The summed E-state index contributed by atoms with van der Waals surface area (Å²) in [5.74, 6) is -1.32. The van der Waals surface area contributed by atoms with Gasteiger partial charge in [0.25, 0.3) is 0 Å². The molecule has 0 amide bonds. The molecule has 2 aromatic rings. The van der Waals surface area contributed by atoms with E-state index in [1.54, 1.807) is 12.1 Å². The van der Waals surface area contributed by atoms with Crippen molar-refractivity contribution in [1.82, 2.24) is 4.98 Å². The van der Waals surface area contributed by atoms with Crippen molar-refractivity contribution in [3.8, 4) is 17.2 Å². The Kier molecular flexibility index (Phi) is 2.80. The maximum atomic E-state index is 10.9. The molecule has 88 valence electrons. The second-order valence-electron chi connectivity index (χ2n) is 3.35. The van der Waals surface area contributed by atoms with Crippen LogP contribution in [0.25, 0.3) is 11.5 Å². The molecule has 1 aromatic carbocycles. The van der Waals surface area contributed by atoms with Crippen LogP contribution in [0.2, 0.25) is 0 Å². The van der Waals surface area contributed by atoms with Crippen LogP contribution in [0.4, 0.5) is 0 Å². The van der Waals surface area contributed by atoms with Crippen LogP contribution in [0.15, 0.2) is 28.7 Å². The van der Waals surface area contributed by atoms with Crippen molar-refractivity contribution < 1.29 is 19.4 Å². The first-order valence-electron chi connectivity index (χ1n) is 4.84. The highest BCUT2D eigenvalue weighted by molar-refractivity contribution is 5.86. The van der Waals surface area contributed by atoms with Gasteiger partial charge in [0.2, 0.25) is 11.7 Å². The van der Waals surface area contributed by atoms with E-state index in [2.05, 4.69) is 4.98 Å². The second kappa shape index (κ2) is 4.26. The molecule has 17 heavy (non-hydrogen) atoms. The van der Waals surface area contributed by atoms with Crippen LogP contribution >= 0.6 is 0 Å². The summed E-state index contributed by atoms with van der Waals surface area (Å²) in [4.78, 5) is 14.8. The average Bonchev–Trinajstić information content (AvgIpc) is 2.73. The molecule has 0 unspecified atom stereocenters. The second-order valence-corrected chi connectivity index (χ2v) is 3.35. The Balaban J connectivity index is 2.50. The predicted octanol–water partition coefficient (Wildman–Crippen LogP) is 1.20. The Labute approximate surface area is 96.3 Å². The third-order valence-corrected chi connectivity index (χ3v) is 2.18. The highest BCUT2D eigenvalue weighted by Crippen LogP contribution is 2.24. The first-order valence-corrected chi connectivity index (χ1v) is 4.84. The Hall–Kier alpha value is -2.34. The number of phenolic OH excluding ortho intramolecular Hbond substituents is 1. The van der Waals surface area contributed by atoms with Gasteiger partial charge in [-0.3, -0.25) is 0 Å². The number of phenols is 1. The summed E-state index contributed by atoms with van der Waals surface area (Å²) in [5, 5.41) is 18.2. The molecule has 0 saturated heterocycles. The fourth-order valence-electron chi connectivity index (χ4n) is 1.42. The van der Waals surface area contributed by atoms with Crippen molar-refractivity contribution in [2.75, 3.05) is 0 Å². The Morgan fingerprint density at radius 1 is 1.47 bits per heavy atom. The summed E-state index contributed by atoms with van der Waals surface area (Å²) in [6.07, 6.45) is 0. The van der Waals surface area contributed by atoms with E-state index in [9.17, 15) is 9.90 Å². The summed E-state index contributed by atoms with van der Waals surface area (Å²) in [5.41, 5.74) is 6.04. The molecule has 0 atom stereocenters. The zero-order valence-corrected chi connectivity index (χ0v) is 8.75. The van der Waals surface area contributed by atoms with Gasteiger partial charge >= 0.3 is 5.97 Å². The fourth-order valence-corrected chi connectivity index (χ4v) is 1.42. The van der Waals surface area contributed by atoms with Crippen molar-refractivity contribution in [1.29, 1.82) is 0 Å². The van der Waals surface area contributed by atoms with Gasteiger partial charge in [-0.2, -0.15) is 0 Å². The smallest absolute Gasteiger partial charge is 0.373 e. The summed E-state index contributed by atoms with van der Waals surface area (Å²) in [6, 6.07) is 6.18. The summed E-state index contributed by atoms with van der Waals surface area (Å²) in [7, 11) is 0. The number of aromatic carboxylic acids is 1. The topological polar surface area (TPSA) is 110 Å². The first kappa shape index (κ1) is 11.2. The summed E-state index contributed by atoms with van der Waals surface area (Å²) < 4.78 is 5.11. The molecule has 0 fully saturated rings. The molecular weight excluding hydrogens is 224 g/mol. The van der Waals surface area contributed by atoms with E-state index in [-0.39, 0.29) is 29.6 Å². The lowest BCUT2D eigenvalue weighted by Crippen LogP contribution is -2.04. The molecule has 2 rings (SSSR count). The third-order valence-electron chi connectivity index (χ3n) is 2.18. The molecule has 0 aliphatic heterocycles. The van der Waals surface area contributed by atoms with Gasteiger partial charge in [0.1, 0.15) is 11.4 Å². The van der Waals surface area contributed by atoms with Gasteiger partial charge in [-0.15, -0.1) is 0 Å². The van der Waals surface area contributed by atoms with E-state index in [0.717, 1.165) is 0 Å². The molecule has 0 aliphatic carbocycles. The highest BCUT2D eigenvalue weighted by atomic mass is 16.4. The monoisotopic (exact) mass is 234 g/mol. The van der Waals surface area contributed by atoms with Crippen LogP contribution in [-0.4, -0.2) is 21.2 Å². The fraction of sp³-hybridized carbons (Fsp3) is 0.0909. The van der Waals surface area contributed by atoms with E-state index in [4.69, 9.17) is 15.3 Å². The number of nitrogens with zero attached hydrogens (tertiary/aromatic N) is 1. The van der Waals surface area contributed by atoms with Crippen LogP contribution in [0.5, 0.6) is 5.75 Å². The summed E-state index contributed by atoms with van der Waals surface area (Å²) >= 11 is 0. The van der Waals surface area contributed by atoms with Gasteiger partial charge in [-0.05, 0) is 18.2 Å². The number of aromatic nitrogens is 1. The lowest BCUT2D eigenvalue weighted by atomic mass is 10.2. The van der Waals surface area contributed by atoms with Gasteiger partial charge in [0, 0.05) is 12.1 Å². The van der Waals surface area contributed by atoms with Crippen LogP contribution in [0.3, 0.4) is 0 Å². The van der Waals surface area contributed by atoms with Gasteiger partial charge in [0.05, 0.1) is 0 Å². The largest absolute Gasteiger partial charge is 0.508 e. The molecule has 4 N–H and O–H groups in total. The number of hydrogen-bond donors (Lipinski definition) is 3. The molecule has 0 bridgehead atoms. The molecule has 0 radical (unpaired) electrons. The van der Waals surface area contributed by atoms with Gasteiger partial charge in [-0.25, -0.2) is 9.78 Å². The van der Waals surface area contributed by atoms with Crippen molar-refractivity contribution in [3.05, 3.63) is 35.7 Å². The average molecular weight is 234 g/mol. The van der Waals surface area contributed by atoms with E-state index >= 15 is 0 Å². The quantitative estimate of drug-likeness (QED) is 0.736. The van der Waals surface area contributed by atoms with E-state index < -0.39 is 5.97 Å². The van der Waals surface area contributed by atoms with Crippen LogP contribution < -0.4 is 5.73 Å². The SMILES string of the molecule is NCc1nc(-c2cccc(O)c2)oc1C(=O)O. The highest BCUT2D eigenvalue weighted by Gasteiger charge is 2.19. The minimum atomic E-state index is -1.22. The number of aromatic hydroxyl groups is 1. The van der Waals surface area contributed by atoms with Crippen LogP contribution in [0.1, 0.15) is 16.2 Å². The zero-order chi connectivity index (χ0) is 12.4. The molecule has 1 aromatic heterocycles. The number of carbonyl (C=O) groups is 1. The minimum Gasteiger partial charge on any atom is -0.508 e. The van der Waals surface area contributed by atoms with E-state index in [1.165, 1.54) is 12.1 Å². The maximum Gasteiger partial charge on any atom is 0.373 e. The number of nitrogens with two attached hydrogens (primary N) is 1. The predicted molar refractivity (Wildman–Crippen MR) is 58.5 cm³/mol. The lowest BCUT2D eigenvalue weighted by Gasteiger charge is -1.95. The molecule has 6 heteroatoms. The van der Waals surface area contributed by atoms with E-state index in [0.29, 0.717) is 5.56 Å². The third kappa shape index (κ3) is 2.11. The van der Waals surface area contributed by atoms with Crippen molar-refractivity contribution in [3.63, 3.8) is 0 Å². The molecule has 6 nitrogen and oxygen atoms in total. The normalized spacial score (nSPS) is 10.4. The van der Waals surface area contributed by atoms with Gasteiger partial charge in [0.15, 0.2) is 0 Å². The number of carboxylic acid groups (broad SMARTS) is 1. The molecule has 1 heterocycles. The molecular formula is C11H10N2O4. The Bertz CT molecular complexity index is 562. The molecule has 0 spiro atoms. The summed E-state index contributed by atoms with van der Waals surface area (Å²) in [6.45, 7) is -0.0239. The Morgan fingerprint density at radius 2 is 2.24 bits per heavy atom. The van der Waals surface area contributed by atoms with E-state index in [1.807, 2.05) is 0 Å².